The van der Waals surface area contributed by atoms with Gasteiger partial charge in [-0.25, -0.2) is 0 Å². The molecule has 1 aromatic heterocycles. The van der Waals surface area contributed by atoms with E-state index in [1.165, 1.54) is 11.3 Å². The van der Waals surface area contributed by atoms with Crippen molar-refractivity contribution in [1.82, 2.24) is 0 Å². The molecular formula is C22H18N2OS. The van der Waals surface area contributed by atoms with Gasteiger partial charge in [-0.3, -0.25) is 4.79 Å². The summed E-state index contributed by atoms with van der Waals surface area (Å²) in [5.74, 6) is -0.171. The molecule has 0 aliphatic rings. The van der Waals surface area contributed by atoms with Crippen molar-refractivity contribution >= 4 is 38.7 Å². The van der Waals surface area contributed by atoms with Crippen LogP contribution in [0, 0.1) is 6.92 Å². The number of hydrogen-bond donors (Lipinski definition) is 2. The van der Waals surface area contributed by atoms with Crippen LogP contribution in [0.1, 0.15) is 15.9 Å². The molecule has 0 atom stereocenters. The lowest BCUT2D eigenvalue weighted by Gasteiger charge is -2.09. The van der Waals surface area contributed by atoms with Crippen LogP contribution in [0.5, 0.6) is 0 Å². The Balaban J connectivity index is 1.72. The Morgan fingerprint density at radius 3 is 2.42 bits per heavy atom. The second-order valence-corrected chi connectivity index (χ2v) is 7.19. The van der Waals surface area contributed by atoms with Crippen molar-refractivity contribution < 1.29 is 4.79 Å². The van der Waals surface area contributed by atoms with E-state index in [1.54, 1.807) is 0 Å². The van der Waals surface area contributed by atoms with E-state index >= 15 is 0 Å². The van der Waals surface area contributed by atoms with Gasteiger partial charge in [-0.2, -0.15) is 0 Å². The molecule has 0 fully saturated rings. The lowest BCUT2D eigenvalue weighted by molar-refractivity contribution is 0.102. The Kier molecular flexibility index (Phi) is 4.19. The highest BCUT2D eigenvalue weighted by molar-refractivity contribution is 7.20. The number of nitrogens with two attached hydrogens (primary N) is 1. The second-order valence-electron chi connectivity index (χ2n) is 6.14. The van der Waals surface area contributed by atoms with E-state index in [1.807, 2.05) is 79.7 Å². The maximum absolute atomic E-state index is 13.0. The van der Waals surface area contributed by atoms with Crippen LogP contribution in [0.25, 0.3) is 21.2 Å². The summed E-state index contributed by atoms with van der Waals surface area (Å²) < 4.78 is 0. The molecule has 0 aliphatic heterocycles. The third-order valence-electron chi connectivity index (χ3n) is 4.47. The molecule has 0 bridgehead atoms. The third-order valence-corrected chi connectivity index (χ3v) is 5.64. The fraction of sp³-hybridized carbons (Fsp3) is 0.0455. The van der Waals surface area contributed by atoms with Gasteiger partial charge in [0.1, 0.15) is 0 Å². The molecule has 4 aromatic rings. The summed E-state index contributed by atoms with van der Waals surface area (Å²) in [4.78, 5) is 14.0. The first-order valence-electron chi connectivity index (χ1n) is 8.38. The Morgan fingerprint density at radius 1 is 0.923 bits per heavy atom. The van der Waals surface area contributed by atoms with Crippen LogP contribution in [-0.2, 0) is 0 Å². The van der Waals surface area contributed by atoms with Gasteiger partial charge >= 0.3 is 0 Å². The van der Waals surface area contributed by atoms with Crippen LogP contribution in [0.4, 0.5) is 10.7 Å². The largest absolute Gasteiger partial charge is 0.390 e. The number of fused-ring (bicyclic) bond motifs is 1. The molecule has 26 heavy (non-hydrogen) atoms. The first-order valence-corrected chi connectivity index (χ1v) is 9.20. The number of anilines is 2. The van der Waals surface area contributed by atoms with Gasteiger partial charge in [-0.15, -0.1) is 11.3 Å². The molecule has 0 saturated carbocycles. The van der Waals surface area contributed by atoms with E-state index in [4.69, 9.17) is 5.73 Å². The van der Waals surface area contributed by atoms with Crippen molar-refractivity contribution in [3.8, 4) is 10.4 Å². The van der Waals surface area contributed by atoms with E-state index in [9.17, 15) is 4.79 Å². The minimum absolute atomic E-state index is 0.171. The van der Waals surface area contributed by atoms with E-state index in [0.717, 1.165) is 32.5 Å². The van der Waals surface area contributed by atoms with Crippen LogP contribution in [0.2, 0.25) is 0 Å². The van der Waals surface area contributed by atoms with E-state index in [2.05, 4.69) is 5.32 Å². The predicted octanol–water partition coefficient (Wildman–Crippen LogP) is 5.71. The van der Waals surface area contributed by atoms with Gasteiger partial charge in [0, 0.05) is 16.0 Å². The van der Waals surface area contributed by atoms with Gasteiger partial charge in [0.2, 0.25) is 0 Å². The summed E-state index contributed by atoms with van der Waals surface area (Å²) in [5, 5.41) is 5.68. The molecule has 3 N–H and O–H groups in total. The number of amides is 1. The van der Waals surface area contributed by atoms with Gasteiger partial charge in [0.25, 0.3) is 5.91 Å². The monoisotopic (exact) mass is 358 g/mol. The number of hydrogen-bond acceptors (Lipinski definition) is 3. The topological polar surface area (TPSA) is 55.1 Å². The van der Waals surface area contributed by atoms with Gasteiger partial charge in [-0.1, -0.05) is 66.7 Å². The average molecular weight is 358 g/mol. The summed E-state index contributed by atoms with van der Waals surface area (Å²) in [6.07, 6.45) is 0. The SMILES string of the molecule is Cc1c(-c2ccccc2)sc(N)c1C(=O)Nc1cccc2ccccc12. The number of rotatable bonds is 3. The van der Waals surface area contributed by atoms with Crippen molar-refractivity contribution in [2.24, 2.45) is 0 Å². The average Bonchev–Trinajstić information content (AvgIpc) is 2.97. The maximum atomic E-state index is 13.0. The molecule has 4 rings (SSSR count). The van der Waals surface area contributed by atoms with Gasteiger partial charge in [-0.05, 0) is 29.5 Å². The Hall–Kier alpha value is -3.11. The minimum Gasteiger partial charge on any atom is -0.390 e. The Labute approximate surface area is 156 Å². The second kappa shape index (κ2) is 6.65. The van der Waals surface area contributed by atoms with Crippen molar-refractivity contribution in [3.63, 3.8) is 0 Å². The molecule has 128 valence electrons. The highest BCUT2D eigenvalue weighted by atomic mass is 32.1. The van der Waals surface area contributed by atoms with Crippen LogP contribution >= 0.6 is 11.3 Å². The fourth-order valence-electron chi connectivity index (χ4n) is 3.20. The van der Waals surface area contributed by atoms with Crippen LogP contribution < -0.4 is 11.1 Å². The lowest BCUT2D eigenvalue weighted by Crippen LogP contribution is -2.14. The zero-order chi connectivity index (χ0) is 18.1. The number of benzene rings is 3. The van der Waals surface area contributed by atoms with Crippen LogP contribution in [0.15, 0.2) is 72.8 Å². The zero-order valence-corrected chi connectivity index (χ0v) is 15.1. The van der Waals surface area contributed by atoms with Crippen molar-refractivity contribution in [2.75, 3.05) is 11.1 Å². The summed E-state index contributed by atoms with van der Waals surface area (Å²) in [7, 11) is 0. The molecule has 1 amide bonds. The van der Waals surface area contributed by atoms with E-state index in [-0.39, 0.29) is 5.91 Å². The molecular weight excluding hydrogens is 340 g/mol. The minimum atomic E-state index is -0.171. The van der Waals surface area contributed by atoms with E-state index in [0.29, 0.717) is 10.6 Å². The first kappa shape index (κ1) is 16.4. The summed E-state index contributed by atoms with van der Waals surface area (Å²) in [6, 6.07) is 23.9. The summed E-state index contributed by atoms with van der Waals surface area (Å²) >= 11 is 1.45. The third kappa shape index (κ3) is 2.85. The molecule has 0 saturated heterocycles. The number of carbonyl (C=O) groups is 1. The molecule has 3 aromatic carbocycles. The summed E-state index contributed by atoms with van der Waals surface area (Å²) in [5.41, 5.74) is 9.54. The highest BCUT2D eigenvalue weighted by Crippen LogP contribution is 2.38. The zero-order valence-electron chi connectivity index (χ0n) is 14.3. The molecule has 3 nitrogen and oxygen atoms in total. The quantitative estimate of drug-likeness (QED) is 0.493. The van der Waals surface area contributed by atoms with Crippen molar-refractivity contribution in [2.45, 2.75) is 6.92 Å². The molecule has 1 heterocycles. The molecule has 0 aliphatic carbocycles. The predicted molar refractivity (Wildman–Crippen MR) is 111 cm³/mol. The normalized spacial score (nSPS) is 10.8. The Morgan fingerprint density at radius 2 is 1.62 bits per heavy atom. The standard InChI is InChI=1S/C22H18N2OS/c1-14-19(21(23)26-20(14)16-9-3-2-4-10-16)22(25)24-18-13-7-11-15-8-5-6-12-17(15)18/h2-13H,23H2,1H3,(H,24,25). The Bertz CT molecular complexity index is 1090. The number of carbonyl (C=O) groups excluding carboxylic acids is 1. The number of thiophene rings is 1. The number of nitrogen functional groups attached to an aromatic ring is 1. The number of nitrogens with one attached hydrogen (secondary N) is 1. The van der Waals surface area contributed by atoms with E-state index < -0.39 is 0 Å². The first-order chi connectivity index (χ1) is 12.6. The summed E-state index contributed by atoms with van der Waals surface area (Å²) in [6.45, 7) is 1.95. The lowest BCUT2D eigenvalue weighted by atomic mass is 10.1. The van der Waals surface area contributed by atoms with Crippen LogP contribution in [0.3, 0.4) is 0 Å². The molecule has 0 unspecified atom stereocenters. The maximum Gasteiger partial charge on any atom is 0.258 e. The van der Waals surface area contributed by atoms with Gasteiger partial charge < -0.3 is 11.1 Å². The van der Waals surface area contributed by atoms with Crippen molar-refractivity contribution in [3.05, 3.63) is 83.9 Å². The highest BCUT2D eigenvalue weighted by Gasteiger charge is 2.20. The van der Waals surface area contributed by atoms with Gasteiger partial charge in [0.05, 0.1) is 10.6 Å². The van der Waals surface area contributed by atoms with Gasteiger partial charge in [0.15, 0.2) is 0 Å². The fourth-order valence-corrected chi connectivity index (χ4v) is 4.28. The molecule has 0 spiro atoms. The molecule has 4 heteroatoms. The van der Waals surface area contributed by atoms with Crippen LogP contribution in [-0.4, -0.2) is 5.91 Å². The smallest absolute Gasteiger partial charge is 0.258 e. The van der Waals surface area contributed by atoms with Crippen molar-refractivity contribution in [1.29, 1.82) is 0 Å². The molecule has 0 radical (unpaired) electrons.